The van der Waals surface area contributed by atoms with Gasteiger partial charge in [-0.2, -0.15) is 0 Å². The zero-order valence-electron chi connectivity index (χ0n) is 19.2. The Kier molecular flexibility index (Phi) is 4.65. The summed E-state index contributed by atoms with van der Waals surface area (Å²) in [6.07, 6.45) is 7.41. The zero-order valence-corrected chi connectivity index (χ0v) is 20.0. The van der Waals surface area contributed by atoms with Crippen molar-refractivity contribution in [3.05, 3.63) is 28.0 Å². The van der Waals surface area contributed by atoms with E-state index in [4.69, 9.17) is 0 Å². The van der Waals surface area contributed by atoms with Gasteiger partial charge in [0, 0.05) is 38.1 Å². The van der Waals surface area contributed by atoms with Crippen LogP contribution in [0.5, 0.6) is 0 Å². The number of hydrogen-bond donors (Lipinski definition) is 2. The van der Waals surface area contributed by atoms with Gasteiger partial charge in [0.2, 0.25) is 5.95 Å². The van der Waals surface area contributed by atoms with Gasteiger partial charge in [-0.25, -0.2) is 19.4 Å². The molecule has 10 heteroatoms. The number of carbonyl (C=O) groups is 1. The summed E-state index contributed by atoms with van der Waals surface area (Å²) in [5, 5.41) is 15.9. The Morgan fingerprint density at radius 2 is 2.00 bits per heavy atom. The Labute approximate surface area is 196 Å². The average Bonchev–Trinajstić information content (AvgIpc) is 3.44. The lowest BCUT2D eigenvalue weighted by Gasteiger charge is -2.50. The summed E-state index contributed by atoms with van der Waals surface area (Å²) < 4.78 is 14.9. The van der Waals surface area contributed by atoms with Gasteiger partial charge in [-0.05, 0) is 56.4 Å². The molecule has 4 aliphatic rings. The normalized spacial score (nSPS) is 23.5. The van der Waals surface area contributed by atoms with E-state index in [1.165, 1.54) is 30.4 Å². The Balaban J connectivity index is 1.29. The average molecular weight is 473 g/mol. The third-order valence-electron chi connectivity index (χ3n) is 8.20. The second kappa shape index (κ2) is 7.18. The van der Waals surface area contributed by atoms with Crippen LogP contribution < -0.4 is 5.32 Å². The van der Waals surface area contributed by atoms with Crippen molar-refractivity contribution in [1.29, 1.82) is 0 Å². The second-order valence-electron chi connectivity index (χ2n) is 10.3. The van der Waals surface area contributed by atoms with Gasteiger partial charge in [0.25, 0.3) is 5.91 Å². The molecule has 0 radical (unpaired) electrons. The number of nitrogens with one attached hydrogen (secondary N) is 1. The topological polar surface area (TPSA) is 84.8 Å². The number of hydrogen-bond acceptors (Lipinski definition) is 8. The molecule has 6 rings (SSSR count). The first-order valence-corrected chi connectivity index (χ1v) is 12.4. The van der Waals surface area contributed by atoms with Crippen LogP contribution in [0, 0.1) is 18.2 Å². The van der Waals surface area contributed by atoms with Crippen LogP contribution in [0.1, 0.15) is 59.3 Å². The number of hydrazine groups is 1. The maximum atomic E-state index is 14.9. The van der Waals surface area contributed by atoms with Crippen molar-refractivity contribution in [2.75, 3.05) is 32.5 Å². The van der Waals surface area contributed by atoms with Gasteiger partial charge in [0.15, 0.2) is 5.82 Å². The van der Waals surface area contributed by atoms with E-state index in [0.29, 0.717) is 24.5 Å². The highest BCUT2D eigenvalue weighted by Crippen LogP contribution is 2.72. The summed E-state index contributed by atoms with van der Waals surface area (Å²) in [4.78, 5) is 25.6. The lowest BCUT2D eigenvalue weighted by atomic mass is 9.64. The van der Waals surface area contributed by atoms with Crippen LogP contribution in [0.3, 0.4) is 0 Å². The number of halogens is 1. The zero-order chi connectivity index (χ0) is 23.1. The van der Waals surface area contributed by atoms with Gasteiger partial charge >= 0.3 is 0 Å². The van der Waals surface area contributed by atoms with Crippen molar-refractivity contribution in [1.82, 2.24) is 25.0 Å². The number of hydroxylamine groups is 1. The van der Waals surface area contributed by atoms with Crippen LogP contribution >= 0.6 is 11.3 Å². The summed E-state index contributed by atoms with van der Waals surface area (Å²) in [5.41, 5.74) is 2.06. The van der Waals surface area contributed by atoms with E-state index < -0.39 is 5.82 Å². The van der Waals surface area contributed by atoms with Crippen molar-refractivity contribution in [2.45, 2.75) is 57.0 Å². The van der Waals surface area contributed by atoms with Crippen molar-refractivity contribution in [3.63, 3.8) is 0 Å². The number of aromatic nitrogens is 2. The third-order valence-corrected chi connectivity index (χ3v) is 9.69. The van der Waals surface area contributed by atoms with E-state index >= 15 is 0 Å². The van der Waals surface area contributed by atoms with Crippen LogP contribution in [-0.4, -0.2) is 69.4 Å². The monoisotopic (exact) mass is 472 g/mol. The van der Waals surface area contributed by atoms with Gasteiger partial charge < -0.3 is 10.2 Å². The minimum Gasteiger partial charge on any atom is -0.351 e. The number of piperidine rings is 1. The first kappa shape index (κ1) is 21.4. The van der Waals surface area contributed by atoms with Gasteiger partial charge in [0.05, 0.1) is 22.2 Å². The molecule has 2 saturated carbocycles. The molecule has 0 unspecified atom stereocenters. The SMILES string of the molecule is Cc1c(-c2nc(NC3CCN(N(C)O)CC3)ncc2F)sc2c1C(=O)N(C)C21CC2(CC2)C1. The molecule has 3 fully saturated rings. The van der Waals surface area contributed by atoms with E-state index in [2.05, 4.69) is 15.3 Å². The van der Waals surface area contributed by atoms with Crippen LogP contribution in [0.25, 0.3) is 10.6 Å². The number of amides is 1. The number of fused-ring (bicyclic) bond motifs is 2. The molecule has 4 heterocycles. The molecule has 2 aromatic heterocycles. The molecule has 8 nitrogen and oxygen atoms in total. The molecule has 0 atom stereocenters. The van der Waals surface area contributed by atoms with Crippen molar-refractivity contribution < 1.29 is 14.4 Å². The first-order valence-electron chi connectivity index (χ1n) is 11.6. The first-order chi connectivity index (χ1) is 15.7. The van der Waals surface area contributed by atoms with E-state index in [9.17, 15) is 14.4 Å². The number of thiophene rings is 1. The minimum atomic E-state index is -0.470. The molecule has 2 aromatic rings. The Morgan fingerprint density at radius 1 is 1.30 bits per heavy atom. The van der Waals surface area contributed by atoms with Gasteiger partial charge in [-0.15, -0.1) is 16.5 Å². The lowest BCUT2D eigenvalue weighted by Crippen LogP contribution is -2.51. The summed E-state index contributed by atoms with van der Waals surface area (Å²) in [7, 11) is 3.53. The maximum absolute atomic E-state index is 14.9. The van der Waals surface area contributed by atoms with E-state index in [1.54, 1.807) is 7.05 Å². The highest BCUT2D eigenvalue weighted by Gasteiger charge is 2.67. The largest absolute Gasteiger partial charge is 0.351 e. The van der Waals surface area contributed by atoms with E-state index in [0.717, 1.165) is 51.7 Å². The maximum Gasteiger partial charge on any atom is 0.255 e. The summed E-state index contributed by atoms with van der Waals surface area (Å²) in [5.74, 6) is -0.0229. The van der Waals surface area contributed by atoms with Gasteiger partial charge in [-0.3, -0.25) is 10.0 Å². The van der Waals surface area contributed by atoms with Crippen molar-refractivity contribution >= 4 is 23.2 Å². The van der Waals surface area contributed by atoms with Gasteiger partial charge in [-0.1, -0.05) is 0 Å². The molecule has 33 heavy (non-hydrogen) atoms. The molecule has 0 bridgehead atoms. The fourth-order valence-corrected chi connectivity index (χ4v) is 7.55. The fraction of sp³-hybridized carbons (Fsp3) is 0.609. The number of nitrogens with zero attached hydrogens (tertiary/aromatic N) is 5. The standard InChI is InChI=1S/C23H29FN6O2S/c1-13-16-19(23(28(2)20(16)31)11-22(12-23)6-7-22)33-18(13)17-15(24)10-25-21(27-17)26-14-4-8-30(9-5-14)29(3)32/h10,14,32H,4-9,11-12H2,1-3H3,(H,25,26,27). The van der Waals surface area contributed by atoms with Crippen LogP contribution in [-0.2, 0) is 5.54 Å². The molecule has 176 valence electrons. The van der Waals surface area contributed by atoms with Crippen molar-refractivity contribution in [2.24, 2.45) is 5.41 Å². The van der Waals surface area contributed by atoms with E-state index in [1.807, 2.05) is 23.9 Å². The Bertz CT molecular complexity index is 1130. The lowest BCUT2D eigenvalue weighted by molar-refractivity contribution is -0.232. The summed E-state index contributed by atoms with van der Waals surface area (Å²) in [6.45, 7) is 3.35. The highest BCUT2D eigenvalue weighted by molar-refractivity contribution is 7.16. The van der Waals surface area contributed by atoms with E-state index in [-0.39, 0.29) is 23.2 Å². The molecule has 2 spiro atoms. The Morgan fingerprint density at radius 3 is 2.64 bits per heavy atom. The predicted molar refractivity (Wildman–Crippen MR) is 122 cm³/mol. The Hall–Kier alpha value is -2.14. The quantitative estimate of drug-likeness (QED) is 0.658. The second-order valence-corrected chi connectivity index (χ2v) is 11.3. The van der Waals surface area contributed by atoms with Crippen LogP contribution in [0.15, 0.2) is 6.20 Å². The smallest absolute Gasteiger partial charge is 0.255 e. The predicted octanol–water partition coefficient (Wildman–Crippen LogP) is 3.62. The highest BCUT2D eigenvalue weighted by atomic mass is 32.1. The van der Waals surface area contributed by atoms with Crippen molar-refractivity contribution in [3.8, 4) is 10.6 Å². The third kappa shape index (κ3) is 3.14. The summed E-state index contributed by atoms with van der Waals surface area (Å²) in [6, 6.07) is 0.150. The minimum absolute atomic E-state index is 0.0499. The number of carbonyl (C=O) groups excluding carboxylic acids is 1. The fourth-order valence-electron chi connectivity index (χ4n) is 6.03. The number of anilines is 1. The molecule has 0 aromatic carbocycles. The van der Waals surface area contributed by atoms with Crippen LogP contribution in [0.2, 0.25) is 0 Å². The molecule has 2 N–H and O–H groups in total. The molecule has 1 saturated heterocycles. The molecular formula is C23H29FN6O2S. The molecule has 2 aliphatic carbocycles. The summed E-state index contributed by atoms with van der Waals surface area (Å²) >= 11 is 1.53. The number of rotatable bonds is 4. The van der Waals surface area contributed by atoms with Crippen LogP contribution in [0.4, 0.5) is 10.3 Å². The molecular weight excluding hydrogens is 443 g/mol. The van der Waals surface area contributed by atoms with Gasteiger partial charge in [0.1, 0.15) is 5.69 Å². The molecule has 1 amide bonds. The molecule has 2 aliphatic heterocycles.